The van der Waals surface area contributed by atoms with Crippen LogP contribution in [0.3, 0.4) is 0 Å². The van der Waals surface area contributed by atoms with Crippen LogP contribution in [0.25, 0.3) is 0 Å². The van der Waals surface area contributed by atoms with E-state index < -0.39 is 11.7 Å². The third kappa shape index (κ3) is 6.00. The van der Waals surface area contributed by atoms with Crippen LogP contribution in [0.2, 0.25) is 0 Å². The maximum atomic E-state index is 13.7. The van der Waals surface area contributed by atoms with Crippen molar-refractivity contribution in [2.45, 2.75) is 51.7 Å². The third-order valence-corrected chi connectivity index (χ3v) is 3.93. The fraction of sp³-hybridized carbons (Fsp3) is 0.611. The second-order valence-electron chi connectivity index (χ2n) is 7.39. The van der Waals surface area contributed by atoms with E-state index in [2.05, 4.69) is 22.6 Å². The van der Waals surface area contributed by atoms with Gasteiger partial charge in [-0.3, -0.25) is 5.32 Å². The first-order chi connectivity index (χ1) is 11.2. The van der Waals surface area contributed by atoms with Crippen LogP contribution in [-0.4, -0.2) is 42.8 Å². The molecule has 1 heterocycles. The number of nitrogens with one attached hydrogen (secondary N) is 2. The summed E-state index contributed by atoms with van der Waals surface area (Å²) in [5.74, 6) is -0.335. The zero-order valence-electron chi connectivity index (χ0n) is 15.0. The second kappa shape index (κ2) is 7.83. The Hall–Kier alpha value is -1.82. The van der Waals surface area contributed by atoms with Crippen molar-refractivity contribution in [3.05, 3.63) is 24.0 Å². The molecule has 1 aromatic rings. The van der Waals surface area contributed by atoms with E-state index in [1.807, 2.05) is 0 Å². The van der Waals surface area contributed by atoms with Gasteiger partial charge in [-0.25, -0.2) is 9.18 Å². The number of nitrogens with zero attached hydrogens (tertiary/aromatic N) is 1. The van der Waals surface area contributed by atoms with Crippen LogP contribution in [0.15, 0.2) is 18.2 Å². The van der Waals surface area contributed by atoms with E-state index in [-0.39, 0.29) is 11.9 Å². The molecule has 1 unspecified atom stereocenters. The molecule has 0 saturated carbocycles. The van der Waals surface area contributed by atoms with E-state index in [0.717, 1.165) is 32.4 Å². The topological polar surface area (TPSA) is 53.6 Å². The Morgan fingerprint density at radius 1 is 1.25 bits per heavy atom. The standard InChI is InChI=1S/C18H28FN3O2/c1-18(2,3)24-17(23)21-15-8-7-13(19)12-16(15)20-14-6-5-10-22(4)11-9-14/h7-8,12,14,20H,5-6,9-11H2,1-4H3,(H,21,23). The summed E-state index contributed by atoms with van der Waals surface area (Å²) in [6.07, 6.45) is 2.56. The molecule has 24 heavy (non-hydrogen) atoms. The minimum atomic E-state index is -0.580. The Morgan fingerprint density at radius 2 is 2.00 bits per heavy atom. The molecule has 134 valence electrons. The van der Waals surface area contributed by atoms with Gasteiger partial charge in [0.2, 0.25) is 0 Å². The van der Waals surface area contributed by atoms with Gasteiger partial charge in [-0.1, -0.05) is 0 Å². The van der Waals surface area contributed by atoms with Crippen molar-refractivity contribution in [3.63, 3.8) is 0 Å². The number of ether oxygens (including phenoxy) is 1. The molecule has 0 spiro atoms. The van der Waals surface area contributed by atoms with Crippen LogP contribution >= 0.6 is 0 Å². The van der Waals surface area contributed by atoms with Crippen molar-refractivity contribution >= 4 is 17.5 Å². The Bertz CT molecular complexity index is 572. The average Bonchev–Trinajstić information content (AvgIpc) is 2.65. The van der Waals surface area contributed by atoms with E-state index >= 15 is 0 Å². The number of benzene rings is 1. The lowest BCUT2D eigenvalue weighted by Gasteiger charge is -2.23. The highest BCUT2D eigenvalue weighted by atomic mass is 19.1. The van der Waals surface area contributed by atoms with Gasteiger partial charge in [0.1, 0.15) is 11.4 Å². The largest absolute Gasteiger partial charge is 0.444 e. The number of halogens is 1. The quantitative estimate of drug-likeness (QED) is 0.873. The fourth-order valence-electron chi connectivity index (χ4n) is 2.76. The van der Waals surface area contributed by atoms with Gasteiger partial charge >= 0.3 is 6.09 Å². The lowest BCUT2D eigenvalue weighted by atomic mass is 10.1. The Morgan fingerprint density at radius 3 is 2.71 bits per heavy atom. The van der Waals surface area contributed by atoms with Gasteiger partial charge in [0.15, 0.2) is 0 Å². The smallest absolute Gasteiger partial charge is 0.412 e. The molecule has 1 atom stereocenters. The number of carbonyl (C=O) groups excluding carboxylic acids is 1. The van der Waals surface area contributed by atoms with Gasteiger partial charge in [-0.05, 0) is 78.4 Å². The minimum Gasteiger partial charge on any atom is -0.444 e. The summed E-state index contributed by atoms with van der Waals surface area (Å²) in [6, 6.07) is 4.57. The highest BCUT2D eigenvalue weighted by Crippen LogP contribution is 2.26. The van der Waals surface area contributed by atoms with E-state index in [9.17, 15) is 9.18 Å². The van der Waals surface area contributed by atoms with Crippen molar-refractivity contribution < 1.29 is 13.9 Å². The average molecular weight is 337 g/mol. The van der Waals surface area contributed by atoms with Gasteiger partial charge < -0.3 is 15.0 Å². The molecule has 0 aliphatic carbocycles. The van der Waals surface area contributed by atoms with Crippen LogP contribution in [0.4, 0.5) is 20.6 Å². The summed E-state index contributed by atoms with van der Waals surface area (Å²) in [6.45, 7) is 7.49. The van der Waals surface area contributed by atoms with Gasteiger partial charge in [-0.15, -0.1) is 0 Å². The number of rotatable bonds is 3. The molecule has 2 rings (SSSR count). The van der Waals surface area contributed by atoms with Crippen LogP contribution in [-0.2, 0) is 4.74 Å². The van der Waals surface area contributed by atoms with Crippen molar-refractivity contribution in [2.75, 3.05) is 30.8 Å². The van der Waals surface area contributed by atoms with Gasteiger partial charge in [0, 0.05) is 6.04 Å². The molecule has 0 radical (unpaired) electrons. The van der Waals surface area contributed by atoms with E-state index in [4.69, 9.17) is 4.74 Å². The van der Waals surface area contributed by atoms with Gasteiger partial charge in [0.25, 0.3) is 0 Å². The highest BCUT2D eigenvalue weighted by Gasteiger charge is 2.19. The molecule has 0 bridgehead atoms. The first-order valence-corrected chi connectivity index (χ1v) is 8.47. The summed E-state index contributed by atoms with van der Waals surface area (Å²) in [4.78, 5) is 14.3. The number of hydrogen-bond acceptors (Lipinski definition) is 4. The van der Waals surface area contributed by atoms with Crippen molar-refractivity contribution in [1.82, 2.24) is 4.90 Å². The van der Waals surface area contributed by atoms with Crippen LogP contribution < -0.4 is 10.6 Å². The Balaban J connectivity index is 2.08. The molecule has 1 fully saturated rings. The summed E-state index contributed by atoms with van der Waals surface area (Å²) in [7, 11) is 2.11. The molecule has 5 nitrogen and oxygen atoms in total. The molecule has 1 aromatic carbocycles. The van der Waals surface area contributed by atoms with Crippen LogP contribution in [0.5, 0.6) is 0 Å². The molecule has 6 heteroatoms. The minimum absolute atomic E-state index is 0.260. The molecule has 1 aliphatic rings. The molecular formula is C18H28FN3O2. The van der Waals surface area contributed by atoms with Gasteiger partial charge in [0.05, 0.1) is 11.4 Å². The summed E-state index contributed by atoms with van der Waals surface area (Å²) in [5.41, 5.74) is 0.544. The fourth-order valence-corrected chi connectivity index (χ4v) is 2.76. The lowest BCUT2D eigenvalue weighted by Crippen LogP contribution is -2.28. The predicted molar refractivity (Wildman–Crippen MR) is 95.0 cm³/mol. The molecule has 2 N–H and O–H groups in total. The Labute approximate surface area is 143 Å². The zero-order valence-corrected chi connectivity index (χ0v) is 15.0. The monoisotopic (exact) mass is 337 g/mol. The van der Waals surface area contributed by atoms with E-state index in [0.29, 0.717) is 11.4 Å². The van der Waals surface area contributed by atoms with Crippen molar-refractivity contribution in [1.29, 1.82) is 0 Å². The second-order valence-corrected chi connectivity index (χ2v) is 7.39. The maximum Gasteiger partial charge on any atom is 0.412 e. The number of likely N-dealkylation sites (tertiary alicyclic amines) is 1. The highest BCUT2D eigenvalue weighted by molar-refractivity contribution is 5.89. The van der Waals surface area contributed by atoms with Crippen molar-refractivity contribution in [2.24, 2.45) is 0 Å². The van der Waals surface area contributed by atoms with Crippen molar-refractivity contribution in [3.8, 4) is 0 Å². The molecule has 0 aromatic heterocycles. The van der Waals surface area contributed by atoms with Gasteiger partial charge in [-0.2, -0.15) is 0 Å². The first kappa shape index (κ1) is 18.5. The molecule has 1 aliphatic heterocycles. The number of carbonyl (C=O) groups is 1. The molecule has 1 amide bonds. The summed E-state index contributed by atoms with van der Waals surface area (Å²) >= 11 is 0. The number of amides is 1. The zero-order chi connectivity index (χ0) is 17.7. The Kier molecular flexibility index (Phi) is 6.04. The number of anilines is 2. The maximum absolute atomic E-state index is 13.7. The summed E-state index contributed by atoms with van der Waals surface area (Å²) < 4.78 is 18.9. The normalized spacial score (nSPS) is 19.5. The SMILES string of the molecule is CN1CCCC(Nc2cc(F)ccc2NC(=O)OC(C)(C)C)CC1. The summed E-state index contributed by atoms with van der Waals surface area (Å²) in [5, 5.41) is 6.09. The number of hydrogen-bond donors (Lipinski definition) is 2. The molecular weight excluding hydrogens is 309 g/mol. The molecule has 1 saturated heterocycles. The van der Waals surface area contributed by atoms with Crippen LogP contribution in [0, 0.1) is 5.82 Å². The van der Waals surface area contributed by atoms with Crippen LogP contribution in [0.1, 0.15) is 40.0 Å². The third-order valence-electron chi connectivity index (χ3n) is 3.93. The predicted octanol–water partition coefficient (Wildman–Crippen LogP) is 4.07. The van der Waals surface area contributed by atoms with E-state index in [1.54, 1.807) is 26.8 Å². The van der Waals surface area contributed by atoms with E-state index in [1.165, 1.54) is 12.1 Å². The first-order valence-electron chi connectivity index (χ1n) is 8.47. The lowest BCUT2D eigenvalue weighted by molar-refractivity contribution is 0.0636.